The van der Waals surface area contributed by atoms with Crippen LogP contribution in [0.3, 0.4) is 0 Å². The molecule has 0 atom stereocenters. The highest BCUT2D eigenvalue weighted by Gasteiger charge is 2.18. The topological polar surface area (TPSA) is 76.0 Å². The Labute approximate surface area is 117 Å². The Hall–Kier alpha value is -1.06. The fourth-order valence-corrected chi connectivity index (χ4v) is 2.49. The Morgan fingerprint density at radius 2 is 2.15 bits per heavy atom. The number of nitrogens with zero attached hydrogens (tertiary/aromatic N) is 2. The highest BCUT2D eigenvalue weighted by molar-refractivity contribution is 7.89. The second-order valence-electron chi connectivity index (χ2n) is 4.29. The molecule has 116 valence electrons. The lowest BCUT2D eigenvalue weighted by Crippen LogP contribution is -2.28. The van der Waals surface area contributed by atoms with Crippen LogP contribution < -0.4 is 10.0 Å². The lowest BCUT2D eigenvalue weighted by atomic mass is 10.4. The van der Waals surface area contributed by atoms with E-state index in [2.05, 4.69) is 17.3 Å². The van der Waals surface area contributed by atoms with Gasteiger partial charge in [-0.1, -0.05) is 6.92 Å². The molecule has 0 aromatic carbocycles. The van der Waals surface area contributed by atoms with Crippen LogP contribution in [-0.4, -0.2) is 44.3 Å². The van der Waals surface area contributed by atoms with E-state index in [9.17, 15) is 17.2 Å². The van der Waals surface area contributed by atoms with Crippen molar-refractivity contribution in [2.45, 2.75) is 37.6 Å². The summed E-state index contributed by atoms with van der Waals surface area (Å²) in [6.07, 6.45) is 1.65. The van der Waals surface area contributed by atoms with Gasteiger partial charge in [0.25, 0.3) is 6.43 Å². The maximum Gasteiger partial charge on any atom is 0.251 e. The summed E-state index contributed by atoms with van der Waals surface area (Å²) >= 11 is 0. The molecule has 0 bridgehead atoms. The second kappa shape index (κ2) is 8.28. The normalized spacial score (nSPS) is 12.2. The Kier molecular flexibility index (Phi) is 7.03. The molecule has 0 unspecified atom stereocenters. The molecule has 0 radical (unpaired) electrons. The summed E-state index contributed by atoms with van der Waals surface area (Å²) in [7, 11) is -3.90. The summed E-state index contributed by atoms with van der Waals surface area (Å²) in [5.74, 6) is 0. The predicted molar refractivity (Wildman–Crippen MR) is 71.2 cm³/mol. The van der Waals surface area contributed by atoms with Gasteiger partial charge in [0.05, 0.1) is 12.7 Å². The van der Waals surface area contributed by atoms with E-state index in [1.807, 2.05) is 4.72 Å². The lowest BCUT2D eigenvalue weighted by molar-refractivity contribution is 0.153. The molecular formula is C11H20F2N4O2S. The molecule has 1 aromatic rings. The van der Waals surface area contributed by atoms with E-state index >= 15 is 0 Å². The van der Waals surface area contributed by atoms with Crippen LogP contribution >= 0.6 is 0 Å². The molecule has 0 amide bonds. The van der Waals surface area contributed by atoms with Crippen molar-refractivity contribution >= 4 is 10.0 Å². The van der Waals surface area contributed by atoms with E-state index in [1.165, 1.54) is 10.9 Å². The quantitative estimate of drug-likeness (QED) is 0.627. The summed E-state index contributed by atoms with van der Waals surface area (Å²) in [5.41, 5.74) is 0. The first-order valence-corrected chi connectivity index (χ1v) is 7.95. The molecule has 1 rings (SSSR count). The van der Waals surface area contributed by atoms with Crippen molar-refractivity contribution in [1.82, 2.24) is 19.8 Å². The molecule has 0 aliphatic carbocycles. The molecule has 1 heterocycles. The van der Waals surface area contributed by atoms with Crippen molar-refractivity contribution in [3.63, 3.8) is 0 Å². The Morgan fingerprint density at radius 3 is 2.80 bits per heavy atom. The fourth-order valence-electron chi connectivity index (χ4n) is 1.53. The number of aromatic nitrogens is 2. The molecule has 0 fully saturated rings. The van der Waals surface area contributed by atoms with E-state index in [4.69, 9.17) is 0 Å². The summed E-state index contributed by atoms with van der Waals surface area (Å²) in [5, 5.41) is 7.13. The van der Waals surface area contributed by atoms with Gasteiger partial charge in [0.15, 0.2) is 0 Å². The smallest absolute Gasteiger partial charge is 0.251 e. The Bertz CT molecular complexity index is 490. The van der Waals surface area contributed by atoms with Crippen LogP contribution in [0.15, 0.2) is 17.3 Å². The lowest BCUT2D eigenvalue weighted by Gasteiger charge is -2.04. The zero-order valence-electron chi connectivity index (χ0n) is 11.3. The number of halogens is 2. The molecule has 9 heteroatoms. The monoisotopic (exact) mass is 310 g/mol. The molecule has 0 saturated carbocycles. The fraction of sp³-hybridized carbons (Fsp3) is 0.727. The SMILES string of the molecule is CCCNCCCn1cc(S(=O)(=O)NCC(F)F)cn1. The van der Waals surface area contributed by atoms with Crippen molar-refractivity contribution in [2.24, 2.45) is 0 Å². The van der Waals surface area contributed by atoms with Gasteiger partial charge in [0, 0.05) is 12.7 Å². The highest BCUT2D eigenvalue weighted by Crippen LogP contribution is 2.07. The number of hydrogen-bond acceptors (Lipinski definition) is 4. The Morgan fingerprint density at radius 1 is 1.40 bits per heavy atom. The van der Waals surface area contributed by atoms with Crippen LogP contribution in [0.1, 0.15) is 19.8 Å². The van der Waals surface area contributed by atoms with Gasteiger partial charge in [-0.05, 0) is 25.9 Å². The third-order valence-corrected chi connectivity index (χ3v) is 3.89. The van der Waals surface area contributed by atoms with Crippen molar-refractivity contribution in [2.75, 3.05) is 19.6 Å². The van der Waals surface area contributed by atoms with Crippen LogP contribution in [0, 0.1) is 0 Å². The van der Waals surface area contributed by atoms with E-state index in [0.717, 1.165) is 32.1 Å². The Balaban J connectivity index is 2.45. The summed E-state index contributed by atoms with van der Waals surface area (Å²) < 4.78 is 50.6. The van der Waals surface area contributed by atoms with Gasteiger partial charge >= 0.3 is 0 Å². The average molecular weight is 310 g/mol. The van der Waals surface area contributed by atoms with E-state index in [-0.39, 0.29) is 4.90 Å². The number of rotatable bonds is 10. The molecule has 1 aromatic heterocycles. The van der Waals surface area contributed by atoms with Crippen molar-refractivity contribution < 1.29 is 17.2 Å². The molecule has 0 aliphatic heterocycles. The zero-order chi connectivity index (χ0) is 15.0. The van der Waals surface area contributed by atoms with Crippen molar-refractivity contribution in [3.05, 3.63) is 12.4 Å². The van der Waals surface area contributed by atoms with Crippen LogP contribution in [0.2, 0.25) is 0 Å². The minimum atomic E-state index is -3.90. The third-order valence-electron chi connectivity index (χ3n) is 2.52. The largest absolute Gasteiger partial charge is 0.317 e. The van der Waals surface area contributed by atoms with E-state index in [0.29, 0.717) is 6.54 Å². The van der Waals surface area contributed by atoms with E-state index < -0.39 is 23.0 Å². The maximum absolute atomic E-state index is 12.0. The molecule has 0 spiro atoms. The first-order chi connectivity index (χ1) is 9.45. The number of nitrogens with one attached hydrogen (secondary N) is 2. The summed E-state index contributed by atoms with van der Waals surface area (Å²) in [6, 6.07) is 0. The minimum absolute atomic E-state index is 0.0975. The molecule has 2 N–H and O–H groups in total. The van der Waals surface area contributed by atoms with Gasteiger partial charge in [0.2, 0.25) is 10.0 Å². The summed E-state index contributed by atoms with van der Waals surface area (Å²) in [4.78, 5) is -0.0975. The van der Waals surface area contributed by atoms with Gasteiger partial charge in [-0.2, -0.15) is 5.10 Å². The average Bonchev–Trinajstić information content (AvgIpc) is 2.86. The molecule has 0 aliphatic rings. The standard InChI is InChI=1S/C11H20F2N4O2S/c1-2-4-14-5-3-6-17-9-10(7-15-17)20(18,19)16-8-11(12)13/h7,9,11,14,16H,2-6,8H2,1H3. The van der Waals surface area contributed by atoms with Gasteiger partial charge in [-0.25, -0.2) is 21.9 Å². The van der Waals surface area contributed by atoms with Gasteiger partial charge in [0.1, 0.15) is 4.90 Å². The van der Waals surface area contributed by atoms with Crippen molar-refractivity contribution in [1.29, 1.82) is 0 Å². The first kappa shape index (κ1) is 17.0. The van der Waals surface area contributed by atoms with Gasteiger partial charge in [-0.3, -0.25) is 4.68 Å². The number of hydrogen-bond donors (Lipinski definition) is 2. The molecular weight excluding hydrogens is 290 g/mol. The molecule has 6 nitrogen and oxygen atoms in total. The maximum atomic E-state index is 12.0. The number of sulfonamides is 1. The molecule has 20 heavy (non-hydrogen) atoms. The summed E-state index contributed by atoms with van der Waals surface area (Å²) in [6.45, 7) is 3.51. The van der Waals surface area contributed by atoms with Crippen LogP contribution in [0.5, 0.6) is 0 Å². The molecule has 0 saturated heterocycles. The van der Waals surface area contributed by atoms with E-state index in [1.54, 1.807) is 0 Å². The highest BCUT2D eigenvalue weighted by atomic mass is 32.2. The second-order valence-corrected chi connectivity index (χ2v) is 6.05. The minimum Gasteiger partial charge on any atom is -0.317 e. The van der Waals surface area contributed by atoms with Crippen LogP contribution in [0.25, 0.3) is 0 Å². The van der Waals surface area contributed by atoms with Gasteiger partial charge in [-0.15, -0.1) is 0 Å². The predicted octanol–water partition coefficient (Wildman–Crippen LogP) is 0.816. The number of alkyl halides is 2. The third kappa shape index (κ3) is 5.93. The van der Waals surface area contributed by atoms with Gasteiger partial charge < -0.3 is 5.32 Å². The number of aryl methyl sites for hydroxylation is 1. The van der Waals surface area contributed by atoms with Crippen molar-refractivity contribution in [3.8, 4) is 0 Å². The zero-order valence-corrected chi connectivity index (χ0v) is 12.2. The van der Waals surface area contributed by atoms with Crippen LogP contribution in [0.4, 0.5) is 8.78 Å². The first-order valence-electron chi connectivity index (χ1n) is 6.46. The van der Waals surface area contributed by atoms with Crippen LogP contribution in [-0.2, 0) is 16.6 Å².